The predicted molar refractivity (Wildman–Crippen MR) is 122 cm³/mol. The molecule has 0 radical (unpaired) electrons. The Balaban J connectivity index is 1.78. The molecule has 1 aromatic carbocycles. The van der Waals surface area contributed by atoms with Gasteiger partial charge in [-0.05, 0) is 49.9 Å². The molecule has 3 aromatic rings. The van der Waals surface area contributed by atoms with Gasteiger partial charge < -0.3 is 19.5 Å². The van der Waals surface area contributed by atoms with Crippen LogP contribution in [0.4, 0.5) is 4.79 Å². The topological polar surface area (TPSA) is 65.8 Å². The number of thiophene rings is 1. The largest absolute Gasteiger partial charge is 0.467 e. The second-order valence-corrected chi connectivity index (χ2v) is 9.46. The van der Waals surface area contributed by atoms with Gasteiger partial charge in [-0.1, -0.05) is 36.4 Å². The summed E-state index contributed by atoms with van der Waals surface area (Å²) in [5, 5.41) is 4.95. The number of furan rings is 1. The normalized spacial score (nSPS) is 11.2. The number of nitrogens with one attached hydrogen (secondary N) is 1. The van der Waals surface area contributed by atoms with Gasteiger partial charge in [0.05, 0.1) is 19.4 Å². The zero-order chi connectivity index (χ0) is 22.3. The maximum Gasteiger partial charge on any atom is 0.318 e. The second kappa shape index (κ2) is 10.3. The van der Waals surface area contributed by atoms with Gasteiger partial charge in [0, 0.05) is 17.0 Å². The smallest absolute Gasteiger partial charge is 0.318 e. The third kappa shape index (κ3) is 7.29. The minimum Gasteiger partial charge on any atom is -0.467 e. The van der Waals surface area contributed by atoms with Gasteiger partial charge in [-0.2, -0.15) is 0 Å². The molecule has 0 spiro atoms. The number of hydrogen-bond donors (Lipinski definition) is 1. The van der Waals surface area contributed by atoms with E-state index >= 15 is 0 Å². The van der Waals surface area contributed by atoms with Gasteiger partial charge in [-0.15, -0.1) is 11.3 Å². The molecule has 1 N–H and O–H groups in total. The number of hydrogen-bond acceptors (Lipinski definition) is 4. The van der Waals surface area contributed by atoms with Crippen molar-refractivity contribution in [2.24, 2.45) is 0 Å². The highest BCUT2D eigenvalue weighted by molar-refractivity contribution is 7.09. The van der Waals surface area contributed by atoms with Crippen LogP contribution in [0.25, 0.3) is 0 Å². The van der Waals surface area contributed by atoms with Crippen molar-refractivity contribution in [3.63, 3.8) is 0 Å². The number of nitrogens with zero attached hydrogens (tertiary/aromatic N) is 2. The van der Waals surface area contributed by atoms with Crippen molar-refractivity contribution in [1.82, 2.24) is 15.1 Å². The van der Waals surface area contributed by atoms with Gasteiger partial charge in [-0.25, -0.2) is 4.79 Å². The van der Waals surface area contributed by atoms with Crippen molar-refractivity contribution < 1.29 is 14.0 Å². The lowest BCUT2D eigenvalue weighted by Gasteiger charge is -2.30. The summed E-state index contributed by atoms with van der Waals surface area (Å²) >= 11 is 1.61. The number of benzene rings is 1. The molecule has 2 heterocycles. The van der Waals surface area contributed by atoms with Crippen molar-refractivity contribution in [3.05, 3.63) is 82.4 Å². The molecule has 0 saturated carbocycles. The molecule has 0 aliphatic heterocycles. The summed E-state index contributed by atoms with van der Waals surface area (Å²) in [5.41, 5.74) is 0.631. The van der Waals surface area contributed by atoms with Crippen LogP contribution in [0.2, 0.25) is 0 Å². The summed E-state index contributed by atoms with van der Waals surface area (Å²) in [7, 11) is 0. The minimum absolute atomic E-state index is 0.0409. The van der Waals surface area contributed by atoms with Crippen LogP contribution in [-0.4, -0.2) is 33.8 Å². The molecular formula is C24H29N3O3S. The third-order valence-electron chi connectivity index (χ3n) is 4.52. The van der Waals surface area contributed by atoms with E-state index in [1.807, 2.05) is 68.6 Å². The summed E-state index contributed by atoms with van der Waals surface area (Å²) < 4.78 is 5.42. The fourth-order valence-corrected chi connectivity index (χ4v) is 3.80. The monoisotopic (exact) mass is 439 g/mol. The fourth-order valence-electron chi connectivity index (χ4n) is 3.08. The Hall–Kier alpha value is -3.06. The molecular weight excluding hydrogens is 410 g/mol. The van der Waals surface area contributed by atoms with E-state index in [2.05, 4.69) is 5.32 Å². The van der Waals surface area contributed by atoms with Crippen LogP contribution in [0, 0.1) is 0 Å². The Morgan fingerprint density at radius 3 is 2.32 bits per heavy atom. The summed E-state index contributed by atoms with van der Waals surface area (Å²) in [4.78, 5) is 30.7. The zero-order valence-corrected chi connectivity index (χ0v) is 19.0. The standard InChI is InChI=1S/C24H29N3O3S/c1-24(2,3)25-23(29)27(16-20-11-7-13-30-20)18-22(28)26(17-21-12-8-14-31-21)15-19-9-5-4-6-10-19/h4-14H,15-18H2,1-3H3,(H,25,29). The quantitative estimate of drug-likeness (QED) is 0.544. The van der Waals surface area contributed by atoms with Crippen LogP contribution in [0.1, 0.15) is 37.0 Å². The average Bonchev–Trinajstić information content (AvgIpc) is 3.40. The molecule has 0 bridgehead atoms. The highest BCUT2D eigenvalue weighted by Gasteiger charge is 2.25. The molecule has 0 aliphatic rings. The van der Waals surface area contributed by atoms with E-state index in [9.17, 15) is 9.59 Å². The molecule has 6 nitrogen and oxygen atoms in total. The lowest BCUT2D eigenvalue weighted by atomic mass is 10.1. The number of rotatable bonds is 8. The first-order valence-corrected chi connectivity index (χ1v) is 11.1. The molecule has 31 heavy (non-hydrogen) atoms. The second-order valence-electron chi connectivity index (χ2n) is 8.43. The summed E-state index contributed by atoms with van der Waals surface area (Å²) in [6, 6.07) is 17.2. The van der Waals surface area contributed by atoms with E-state index in [0.29, 0.717) is 18.8 Å². The molecule has 3 rings (SSSR count). The van der Waals surface area contributed by atoms with Crippen LogP contribution in [0.3, 0.4) is 0 Å². The molecule has 0 aliphatic carbocycles. The van der Waals surface area contributed by atoms with Crippen LogP contribution in [0.5, 0.6) is 0 Å². The zero-order valence-electron chi connectivity index (χ0n) is 18.2. The van der Waals surface area contributed by atoms with Crippen molar-refractivity contribution in [2.75, 3.05) is 6.54 Å². The number of carbonyl (C=O) groups excluding carboxylic acids is 2. The van der Waals surface area contributed by atoms with Gasteiger partial charge in [0.15, 0.2) is 0 Å². The SMILES string of the molecule is CC(C)(C)NC(=O)N(CC(=O)N(Cc1ccccc1)Cc1cccs1)Cc1ccco1. The van der Waals surface area contributed by atoms with Crippen LogP contribution in [0.15, 0.2) is 70.7 Å². The lowest BCUT2D eigenvalue weighted by Crippen LogP contribution is -2.51. The summed E-state index contributed by atoms with van der Waals surface area (Å²) in [6.45, 7) is 6.90. The van der Waals surface area contributed by atoms with Crippen molar-refractivity contribution in [2.45, 2.75) is 45.9 Å². The average molecular weight is 440 g/mol. The van der Waals surface area contributed by atoms with Crippen molar-refractivity contribution in [1.29, 1.82) is 0 Å². The maximum absolute atomic E-state index is 13.4. The third-order valence-corrected chi connectivity index (χ3v) is 5.38. The molecule has 0 fully saturated rings. The maximum atomic E-state index is 13.4. The molecule has 3 amide bonds. The molecule has 0 saturated heterocycles. The molecule has 7 heteroatoms. The van der Waals surface area contributed by atoms with Crippen molar-refractivity contribution in [3.8, 4) is 0 Å². The predicted octanol–water partition coefficient (Wildman–Crippen LogP) is 4.88. The van der Waals surface area contributed by atoms with Crippen LogP contribution >= 0.6 is 11.3 Å². The van der Waals surface area contributed by atoms with E-state index in [1.165, 1.54) is 4.90 Å². The Labute approximate surface area is 187 Å². The Morgan fingerprint density at radius 1 is 0.935 bits per heavy atom. The summed E-state index contributed by atoms with van der Waals surface area (Å²) in [5.74, 6) is 0.512. The highest BCUT2D eigenvalue weighted by Crippen LogP contribution is 2.16. The molecule has 0 unspecified atom stereocenters. The van der Waals surface area contributed by atoms with Crippen molar-refractivity contribution >= 4 is 23.3 Å². The van der Waals surface area contributed by atoms with E-state index in [0.717, 1.165) is 10.4 Å². The fraction of sp³-hybridized carbons (Fsp3) is 0.333. The highest BCUT2D eigenvalue weighted by atomic mass is 32.1. The van der Waals surface area contributed by atoms with Crippen LogP contribution in [-0.2, 0) is 24.4 Å². The first kappa shape index (κ1) is 22.6. The first-order chi connectivity index (χ1) is 14.8. The number of carbonyl (C=O) groups is 2. The lowest BCUT2D eigenvalue weighted by molar-refractivity contribution is -0.133. The van der Waals surface area contributed by atoms with E-state index in [1.54, 1.807) is 34.6 Å². The van der Waals surface area contributed by atoms with Crippen LogP contribution < -0.4 is 5.32 Å². The minimum atomic E-state index is -0.414. The summed E-state index contributed by atoms with van der Waals surface area (Å²) in [6.07, 6.45) is 1.56. The Morgan fingerprint density at radius 2 is 1.71 bits per heavy atom. The van der Waals surface area contributed by atoms with E-state index in [4.69, 9.17) is 4.42 Å². The molecule has 164 valence electrons. The molecule has 0 atom stereocenters. The van der Waals surface area contributed by atoms with Gasteiger partial charge in [0.1, 0.15) is 12.3 Å². The van der Waals surface area contributed by atoms with E-state index in [-0.39, 0.29) is 25.0 Å². The van der Waals surface area contributed by atoms with Gasteiger partial charge in [-0.3, -0.25) is 4.79 Å². The van der Waals surface area contributed by atoms with Gasteiger partial charge >= 0.3 is 6.03 Å². The van der Waals surface area contributed by atoms with Gasteiger partial charge in [0.2, 0.25) is 5.91 Å². The molecule has 2 aromatic heterocycles. The Kier molecular flexibility index (Phi) is 7.52. The Bertz CT molecular complexity index is 948. The first-order valence-electron chi connectivity index (χ1n) is 10.2. The number of urea groups is 1. The van der Waals surface area contributed by atoms with Gasteiger partial charge in [0.25, 0.3) is 0 Å². The number of amides is 3. The van der Waals surface area contributed by atoms with E-state index < -0.39 is 5.54 Å².